The van der Waals surface area contributed by atoms with Gasteiger partial charge in [-0.2, -0.15) is 0 Å². The third-order valence-corrected chi connectivity index (χ3v) is 7.03. The summed E-state index contributed by atoms with van der Waals surface area (Å²) in [4.78, 5) is 13.1. The Morgan fingerprint density at radius 1 is 1.03 bits per heavy atom. The van der Waals surface area contributed by atoms with Crippen LogP contribution in [0, 0.1) is 5.92 Å². The molecule has 1 fully saturated rings. The summed E-state index contributed by atoms with van der Waals surface area (Å²) in [6.07, 6.45) is 6.86. The van der Waals surface area contributed by atoms with Crippen molar-refractivity contribution in [3.8, 4) is 5.75 Å². The van der Waals surface area contributed by atoms with Crippen LogP contribution in [0.15, 0.2) is 54.6 Å². The summed E-state index contributed by atoms with van der Waals surface area (Å²) < 4.78 is 5.97. The molecule has 2 unspecified atom stereocenters. The van der Waals surface area contributed by atoms with Gasteiger partial charge in [-0.25, -0.2) is 0 Å². The van der Waals surface area contributed by atoms with Crippen LogP contribution in [0.3, 0.4) is 0 Å². The highest BCUT2D eigenvalue weighted by molar-refractivity contribution is 5.83. The summed E-state index contributed by atoms with van der Waals surface area (Å²) in [6.45, 7) is 8.51. The van der Waals surface area contributed by atoms with E-state index in [-0.39, 0.29) is 23.4 Å². The molecule has 0 saturated heterocycles. The molecule has 5 nitrogen and oxygen atoms in total. The Kier molecular flexibility index (Phi) is 9.97. The molecule has 186 valence electrons. The van der Waals surface area contributed by atoms with Crippen LogP contribution < -0.4 is 21.1 Å². The Morgan fingerprint density at radius 3 is 2.35 bits per heavy atom. The molecule has 3 rings (SSSR count). The Morgan fingerprint density at radius 2 is 1.71 bits per heavy atom. The average molecular weight is 466 g/mol. The van der Waals surface area contributed by atoms with Gasteiger partial charge in [-0.15, -0.1) is 0 Å². The maximum absolute atomic E-state index is 13.1. The molecule has 2 aromatic rings. The molecule has 0 aliphatic heterocycles. The van der Waals surface area contributed by atoms with Crippen LogP contribution in [0.5, 0.6) is 5.75 Å². The van der Waals surface area contributed by atoms with Gasteiger partial charge in [0, 0.05) is 18.6 Å². The molecule has 0 bridgehead atoms. The van der Waals surface area contributed by atoms with Crippen molar-refractivity contribution >= 4 is 5.91 Å². The Labute approximate surface area is 205 Å². The Bertz CT molecular complexity index is 863. The number of hydrogen-bond donors (Lipinski definition) is 3. The monoisotopic (exact) mass is 465 g/mol. The van der Waals surface area contributed by atoms with Gasteiger partial charge < -0.3 is 21.1 Å². The molecule has 1 aliphatic carbocycles. The summed E-state index contributed by atoms with van der Waals surface area (Å²) in [5.41, 5.74) is 8.50. The highest BCUT2D eigenvalue weighted by atomic mass is 16.5. The first-order valence-corrected chi connectivity index (χ1v) is 13.0. The van der Waals surface area contributed by atoms with Crippen molar-refractivity contribution in [2.24, 2.45) is 11.7 Å². The Balaban J connectivity index is 1.65. The van der Waals surface area contributed by atoms with Crippen LogP contribution in [0.4, 0.5) is 0 Å². The van der Waals surface area contributed by atoms with Gasteiger partial charge in [-0.3, -0.25) is 4.79 Å². The third kappa shape index (κ3) is 7.85. The van der Waals surface area contributed by atoms with Gasteiger partial charge in [-0.05, 0) is 55.4 Å². The second-order valence-corrected chi connectivity index (χ2v) is 10.2. The van der Waals surface area contributed by atoms with E-state index in [1.165, 1.54) is 25.7 Å². The van der Waals surface area contributed by atoms with Gasteiger partial charge in [0.25, 0.3) is 0 Å². The minimum absolute atomic E-state index is 0.0232. The first kappa shape index (κ1) is 26.2. The van der Waals surface area contributed by atoms with Gasteiger partial charge >= 0.3 is 0 Å². The lowest BCUT2D eigenvalue weighted by Gasteiger charge is -2.27. The van der Waals surface area contributed by atoms with Gasteiger partial charge in [0.15, 0.2) is 0 Å². The normalized spacial score (nSPS) is 17.6. The largest absolute Gasteiger partial charge is 0.493 e. The van der Waals surface area contributed by atoms with E-state index in [9.17, 15) is 4.79 Å². The number of carbonyl (C=O) groups is 1. The second kappa shape index (κ2) is 12.9. The number of carbonyl (C=O) groups excluding carboxylic acids is 1. The van der Waals surface area contributed by atoms with E-state index in [2.05, 4.69) is 36.6 Å². The van der Waals surface area contributed by atoms with E-state index in [1.54, 1.807) is 0 Å². The van der Waals surface area contributed by atoms with Crippen LogP contribution in [0.25, 0.3) is 0 Å². The molecule has 4 N–H and O–H groups in total. The molecular weight excluding hydrogens is 422 g/mol. The third-order valence-electron chi connectivity index (χ3n) is 7.03. The zero-order valence-electron chi connectivity index (χ0n) is 21.2. The first-order chi connectivity index (χ1) is 16.4. The van der Waals surface area contributed by atoms with E-state index in [4.69, 9.17) is 10.5 Å². The van der Waals surface area contributed by atoms with Crippen molar-refractivity contribution in [2.45, 2.75) is 76.8 Å². The van der Waals surface area contributed by atoms with Crippen LogP contribution in [-0.2, 0) is 4.79 Å². The molecule has 2 aromatic carbocycles. The number of hydrogen-bond acceptors (Lipinski definition) is 4. The van der Waals surface area contributed by atoms with Crippen molar-refractivity contribution in [1.29, 1.82) is 0 Å². The highest BCUT2D eigenvalue weighted by Gasteiger charge is 2.29. The average Bonchev–Trinajstić information content (AvgIpc) is 3.29. The lowest BCUT2D eigenvalue weighted by molar-refractivity contribution is -0.123. The molecule has 3 atom stereocenters. The van der Waals surface area contributed by atoms with Gasteiger partial charge in [-0.1, -0.05) is 75.6 Å². The molecule has 5 heteroatoms. The summed E-state index contributed by atoms with van der Waals surface area (Å²) in [6, 6.07) is 17.9. The summed E-state index contributed by atoms with van der Waals surface area (Å²) in [5.74, 6) is 1.21. The summed E-state index contributed by atoms with van der Waals surface area (Å²) in [7, 11) is 0. The van der Waals surface area contributed by atoms with Gasteiger partial charge in [0.1, 0.15) is 5.75 Å². The van der Waals surface area contributed by atoms with Crippen molar-refractivity contribution in [3.05, 3.63) is 65.7 Å². The molecule has 1 amide bonds. The number of nitrogens with one attached hydrogen (secondary N) is 2. The molecule has 1 aliphatic rings. The minimum Gasteiger partial charge on any atom is -0.493 e. The fraction of sp³-hybridized carbons (Fsp3) is 0.552. The summed E-state index contributed by atoms with van der Waals surface area (Å²) in [5, 5.41) is 6.82. The molecular formula is C29H43N3O2. The lowest BCUT2D eigenvalue weighted by atomic mass is 9.98. The van der Waals surface area contributed by atoms with Crippen molar-refractivity contribution in [2.75, 3.05) is 19.7 Å². The minimum atomic E-state index is -0.220. The molecule has 0 aromatic heterocycles. The standard InChI is InChI=1S/C29H43N3O2/c1-4-10-22(2)20-34-26-15-13-25(14-16-26)27(19-31-21-29(30)17-8-9-18-29)32-28(33)23(3)24-11-6-5-7-12-24/h5-7,11-16,22-23,27,31H,4,8-10,17-21,30H2,1-3H3,(H,32,33)/t22?,23?,27-/m0/s1. The van der Waals surface area contributed by atoms with E-state index in [0.29, 0.717) is 12.5 Å². The molecule has 0 radical (unpaired) electrons. The first-order valence-electron chi connectivity index (χ1n) is 13.0. The van der Waals surface area contributed by atoms with E-state index in [0.717, 1.165) is 42.9 Å². The Hall–Kier alpha value is -2.37. The highest BCUT2D eigenvalue weighted by Crippen LogP contribution is 2.27. The predicted molar refractivity (Wildman–Crippen MR) is 140 cm³/mol. The zero-order chi connectivity index (χ0) is 24.4. The number of amides is 1. The van der Waals surface area contributed by atoms with Crippen LogP contribution in [0.1, 0.15) is 82.4 Å². The molecule has 34 heavy (non-hydrogen) atoms. The van der Waals surface area contributed by atoms with Crippen molar-refractivity contribution in [3.63, 3.8) is 0 Å². The number of benzene rings is 2. The van der Waals surface area contributed by atoms with Crippen LogP contribution in [-0.4, -0.2) is 31.1 Å². The molecule has 0 spiro atoms. The topological polar surface area (TPSA) is 76.4 Å². The SMILES string of the molecule is CCCC(C)COc1ccc([C@H](CNCC2(N)CCCC2)NC(=O)C(C)c2ccccc2)cc1. The quantitative estimate of drug-likeness (QED) is 0.374. The van der Waals surface area contributed by atoms with Crippen LogP contribution >= 0.6 is 0 Å². The number of nitrogens with two attached hydrogens (primary N) is 1. The second-order valence-electron chi connectivity index (χ2n) is 10.2. The zero-order valence-corrected chi connectivity index (χ0v) is 21.2. The van der Waals surface area contributed by atoms with E-state index in [1.807, 2.05) is 49.4 Å². The van der Waals surface area contributed by atoms with E-state index < -0.39 is 0 Å². The maximum Gasteiger partial charge on any atom is 0.227 e. The van der Waals surface area contributed by atoms with Gasteiger partial charge in [0.05, 0.1) is 18.6 Å². The van der Waals surface area contributed by atoms with Crippen molar-refractivity contribution in [1.82, 2.24) is 10.6 Å². The number of rotatable bonds is 13. The van der Waals surface area contributed by atoms with E-state index >= 15 is 0 Å². The van der Waals surface area contributed by atoms with Crippen LogP contribution in [0.2, 0.25) is 0 Å². The maximum atomic E-state index is 13.1. The fourth-order valence-electron chi connectivity index (χ4n) is 4.77. The van der Waals surface area contributed by atoms with Gasteiger partial charge in [0.2, 0.25) is 5.91 Å². The predicted octanol–water partition coefficient (Wildman–Crippen LogP) is 5.32. The summed E-state index contributed by atoms with van der Waals surface area (Å²) >= 11 is 0. The molecule has 0 heterocycles. The fourth-order valence-corrected chi connectivity index (χ4v) is 4.77. The molecule has 1 saturated carbocycles. The number of ether oxygens (including phenoxy) is 1. The lowest BCUT2D eigenvalue weighted by Crippen LogP contribution is -2.48. The smallest absolute Gasteiger partial charge is 0.227 e. The van der Waals surface area contributed by atoms with Crippen molar-refractivity contribution < 1.29 is 9.53 Å².